The monoisotopic (exact) mass is 269 g/mol. The minimum atomic E-state index is -0.0160. The highest BCUT2D eigenvalue weighted by Crippen LogP contribution is 2.15. The first-order valence-corrected chi connectivity index (χ1v) is 7.12. The van der Waals surface area contributed by atoms with Gasteiger partial charge in [0.15, 0.2) is 0 Å². The Labute approximate surface area is 111 Å². The highest BCUT2D eigenvalue weighted by atomic mass is 32.1. The molecule has 1 aromatic rings. The number of nitrogens with two attached hydrogens (primary N) is 1. The van der Waals surface area contributed by atoms with Crippen LogP contribution in [0.1, 0.15) is 31.2 Å². The Bertz CT molecular complexity index is 402. The average molecular weight is 269 g/mol. The van der Waals surface area contributed by atoms with E-state index >= 15 is 0 Å². The van der Waals surface area contributed by atoms with Gasteiger partial charge in [0.05, 0.1) is 12.6 Å². The first-order valence-electron chi connectivity index (χ1n) is 6.30. The molecule has 2 rings (SSSR count). The molecule has 1 aliphatic heterocycles. The zero-order valence-electron chi connectivity index (χ0n) is 10.6. The van der Waals surface area contributed by atoms with Crippen molar-refractivity contribution in [2.45, 2.75) is 38.8 Å². The van der Waals surface area contributed by atoms with E-state index < -0.39 is 0 Å². The molecule has 1 unspecified atom stereocenters. The van der Waals surface area contributed by atoms with Gasteiger partial charge in [-0.15, -0.1) is 10.2 Å². The summed E-state index contributed by atoms with van der Waals surface area (Å²) < 4.78 is 0. The van der Waals surface area contributed by atoms with Crippen LogP contribution in [0, 0.1) is 0 Å². The van der Waals surface area contributed by atoms with E-state index in [9.17, 15) is 4.79 Å². The summed E-state index contributed by atoms with van der Waals surface area (Å²) in [5.41, 5.74) is 5.49. The summed E-state index contributed by atoms with van der Waals surface area (Å²) in [4.78, 5) is 14.4. The van der Waals surface area contributed by atoms with Crippen LogP contribution < -0.4 is 11.1 Å². The zero-order chi connectivity index (χ0) is 13.0. The summed E-state index contributed by atoms with van der Waals surface area (Å²) in [6.45, 7) is 4.51. The Morgan fingerprint density at radius 1 is 1.50 bits per heavy atom. The molecule has 7 heteroatoms. The summed E-state index contributed by atoms with van der Waals surface area (Å²) in [5, 5.41) is 11.7. The number of aromatic nitrogens is 2. The van der Waals surface area contributed by atoms with E-state index in [2.05, 4.69) is 20.4 Å². The third-order valence-corrected chi connectivity index (χ3v) is 3.92. The maximum Gasteiger partial charge on any atom is 0.237 e. The molecule has 0 bridgehead atoms. The molecule has 3 N–H and O–H groups in total. The summed E-state index contributed by atoms with van der Waals surface area (Å²) >= 11 is 1.31. The van der Waals surface area contributed by atoms with Crippen LogP contribution in [0.25, 0.3) is 0 Å². The molecule has 1 atom stereocenters. The lowest BCUT2D eigenvalue weighted by Crippen LogP contribution is -2.45. The molecule has 0 spiro atoms. The maximum absolute atomic E-state index is 12.1. The molecule has 1 amide bonds. The third kappa shape index (κ3) is 3.17. The number of rotatable bonds is 5. The fourth-order valence-electron chi connectivity index (χ4n) is 2.28. The quantitative estimate of drug-likeness (QED) is 0.818. The predicted octanol–water partition coefficient (Wildman–Crippen LogP) is 0.611. The van der Waals surface area contributed by atoms with Gasteiger partial charge in [0.2, 0.25) is 11.0 Å². The minimum Gasteiger partial charge on any atom is -0.374 e. The molecule has 1 aromatic heterocycles. The van der Waals surface area contributed by atoms with Crippen LogP contribution in [0.3, 0.4) is 0 Å². The average Bonchev–Trinajstić information content (AvgIpc) is 2.99. The van der Waals surface area contributed by atoms with E-state index in [0.29, 0.717) is 11.7 Å². The van der Waals surface area contributed by atoms with Crippen molar-refractivity contribution in [1.29, 1.82) is 0 Å². The Morgan fingerprint density at radius 3 is 2.78 bits per heavy atom. The van der Waals surface area contributed by atoms with Crippen molar-refractivity contribution in [1.82, 2.24) is 20.4 Å². The molecule has 6 nitrogen and oxygen atoms in total. The molecule has 0 aromatic carbocycles. The lowest BCUT2D eigenvalue weighted by atomic mass is 10.2. The number of hydrogen-bond acceptors (Lipinski definition) is 6. The van der Waals surface area contributed by atoms with Gasteiger partial charge >= 0.3 is 0 Å². The number of nitrogens with zero attached hydrogens (tertiary/aromatic N) is 3. The molecule has 1 saturated heterocycles. The minimum absolute atomic E-state index is 0.0160. The lowest BCUT2D eigenvalue weighted by molar-refractivity contribution is -0.126. The fraction of sp³-hybridized carbons (Fsp3) is 0.727. The molecule has 0 aliphatic carbocycles. The maximum atomic E-state index is 12.1. The second kappa shape index (κ2) is 6.10. The molecule has 0 radical (unpaired) electrons. The van der Waals surface area contributed by atoms with Gasteiger partial charge in [0.1, 0.15) is 5.01 Å². The highest BCUT2D eigenvalue weighted by Gasteiger charge is 2.26. The molecule has 2 heterocycles. The summed E-state index contributed by atoms with van der Waals surface area (Å²) in [7, 11) is 0. The number of nitrogens with one attached hydrogen (secondary N) is 1. The normalized spacial score (nSPS) is 17.8. The van der Waals surface area contributed by atoms with Crippen molar-refractivity contribution in [3.8, 4) is 0 Å². The molecule has 100 valence electrons. The third-order valence-electron chi connectivity index (χ3n) is 3.17. The van der Waals surface area contributed by atoms with E-state index in [1.165, 1.54) is 24.2 Å². The van der Waals surface area contributed by atoms with Crippen molar-refractivity contribution in [3.05, 3.63) is 5.01 Å². The number of nitrogen functional groups attached to an aromatic ring is 1. The molecular formula is C11H19N5OS. The SMILES string of the molecule is CCC(C(=O)NCc1nnc(N)s1)N1CCCC1. The largest absolute Gasteiger partial charge is 0.374 e. The number of carbonyl (C=O) groups is 1. The second-order valence-electron chi connectivity index (χ2n) is 4.42. The van der Waals surface area contributed by atoms with Gasteiger partial charge < -0.3 is 11.1 Å². The van der Waals surface area contributed by atoms with E-state index in [0.717, 1.165) is 24.5 Å². The zero-order valence-corrected chi connectivity index (χ0v) is 11.4. The van der Waals surface area contributed by atoms with E-state index in [1.807, 2.05) is 6.92 Å². The number of hydrogen-bond donors (Lipinski definition) is 2. The van der Waals surface area contributed by atoms with Crippen LogP contribution in [0.4, 0.5) is 5.13 Å². The van der Waals surface area contributed by atoms with Gasteiger partial charge in [-0.25, -0.2) is 0 Å². The van der Waals surface area contributed by atoms with Crippen molar-refractivity contribution in [3.63, 3.8) is 0 Å². The van der Waals surface area contributed by atoms with Crippen LogP contribution in [0.15, 0.2) is 0 Å². The van der Waals surface area contributed by atoms with E-state index in [4.69, 9.17) is 5.73 Å². The standard InChI is InChI=1S/C11H19N5OS/c1-2-8(16-5-3-4-6-16)10(17)13-7-9-14-15-11(12)18-9/h8H,2-7H2,1H3,(H2,12,15)(H,13,17). The van der Waals surface area contributed by atoms with E-state index in [1.54, 1.807) is 0 Å². The lowest BCUT2D eigenvalue weighted by Gasteiger charge is -2.25. The van der Waals surface area contributed by atoms with Crippen LogP contribution in [0.5, 0.6) is 0 Å². The summed E-state index contributed by atoms with van der Waals surface area (Å²) in [6, 6.07) is -0.0160. The molecule has 1 aliphatic rings. The van der Waals surface area contributed by atoms with Crippen molar-refractivity contribution >= 4 is 22.4 Å². The van der Waals surface area contributed by atoms with Crippen LogP contribution in [-0.4, -0.2) is 40.1 Å². The Hall–Kier alpha value is -1.21. The van der Waals surface area contributed by atoms with Gasteiger partial charge in [-0.2, -0.15) is 0 Å². The van der Waals surface area contributed by atoms with Crippen molar-refractivity contribution < 1.29 is 4.79 Å². The summed E-state index contributed by atoms with van der Waals surface area (Å²) in [6.07, 6.45) is 3.22. The number of amides is 1. The highest BCUT2D eigenvalue weighted by molar-refractivity contribution is 7.15. The second-order valence-corrected chi connectivity index (χ2v) is 5.51. The van der Waals surface area contributed by atoms with Crippen molar-refractivity contribution in [2.75, 3.05) is 18.8 Å². The van der Waals surface area contributed by atoms with Gasteiger partial charge in [-0.1, -0.05) is 18.3 Å². The Kier molecular flexibility index (Phi) is 4.48. The van der Waals surface area contributed by atoms with Crippen LogP contribution in [0.2, 0.25) is 0 Å². The molecule has 18 heavy (non-hydrogen) atoms. The van der Waals surface area contributed by atoms with Crippen LogP contribution >= 0.6 is 11.3 Å². The molecule has 1 fully saturated rings. The number of likely N-dealkylation sites (tertiary alicyclic amines) is 1. The fourth-order valence-corrected chi connectivity index (χ4v) is 2.83. The number of carbonyl (C=O) groups excluding carboxylic acids is 1. The topological polar surface area (TPSA) is 84.1 Å². The predicted molar refractivity (Wildman–Crippen MR) is 71.1 cm³/mol. The first-order chi connectivity index (χ1) is 8.70. The Balaban J connectivity index is 1.85. The smallest absolute Gasteiger partial charge is 0.237 e. The molecular weight excluding hydrogens is 250 g/mol. The number of anilines is 1. The van der Waals surface area contributed by atoms with Gasteiger partial charge in [-0.05, 0) is 32.4 Å². The van der Waals surface area contributed by atoms with Crippen molar-refractivity contribution in [2.24, 2.45) is 0 Å². The van der Waals surface area contributed by atoms with Gasteiger partial charge in [0, 0.05) is 0 Å². The first kappa shape index (κ1) is 13.2. The van der Waals surface area contributed by atoms with Crippen LogP contribution in [-0.2, 0) is 11.3 Å². The van der Waals surface area contributed by atoms with Gasteiger partial charge in [-0.3, -0.25) is 9.69 Å². The van der Waals surface area contributed by atoms with Gasteiger partial charge in [0.25, 0.3) is 0 Å². The summed E-state index contributed by atoms with van der Waals surface area (Å²) in [5.74, 6) is 0.0770. The Morgan fingerprint density at radius 2 is 2.22 bits per heavy atom. The molecule has 0 saturated carbocycles. The van der Waals surface area contributed by atoms with E-state index in [-0.39, 0.29) is 11.9 Å².